The van der Waals surface area contributed by atoms with Gasteiger partial charge in [-0.2, -0.15) is 0 Å². The molecule has 198 valence electrons. The lowest BCUT2D eigenvalue weighted by molar-refractivity contribution is -0.119. The molecule has 2 aromatic rings. The second-order valence-corrected chi connectivity index (χ2v) is 9.78. The van der Waals surface area contributed by atoms with Gasteiger partial charge in [0.15, 0.2) is 0 Å². The Balaban J connectivity index is 1.67. The van der Waals surface area contributed by atoms with Gasteiger partial charge in [-0.25, -0.2) is 4.79 Å². The molecule has 0 aliphatic carbocycles. The maximum atomic E-state index is 12.4. The number of carbonyl (C=O) groups excluding carboxylic acids is 2. The highest BCUT2D eigenvalue weighted by Gasteiger charge is 2.20. The Morgan fingerprint density at radius 2 is 1.53 bits per heavy atom. The van der Waals surface area contributed by atoms with E-state index in [1.807, 2.05) is 75.4 Å². The number of rotatable bonds is 16. The van der Waals surface area contributed by atoms with Gasteiger partial charge in [0.05, 0.1) is 33.0 Å². The van der Waals surface area contributed by atoms with E-state index >= 15 is 0 Å². The number of Topliss-reactive ketones (excluding diaryl/α,β-unsaturated/α-hetero) is 1. The van der Waals surface area contributed by atoms with Gasteiger partial charge in [0.2, 0.25) is 0 Å². The van der Waals surface area contributed by atoms with Crippen LogP contribution in [0.1, 0.15) is 64.0 Å². The number of benzene rings is 2. The second-order valence-electron chi connectivity index (χ2n) is 9.78. The first-order chi connectivity index (χ1) is 17.2. The Hall–Kier alpha value is -2.90. The van der Waals surface area contributed by atoms with Crippen LogP contribution in [0.5, 0.6) is 5.75 Å². The van der Waals surface area contributed by atoms with Crippen molar-refractivity contribution in [1.29, 1.82) is 0 Å². The molecule has 0 aromatic heterocycles. The van der Waals surface area contributed by atoms with Crippen LogP contribution in [-0.4, -0.2) is 43.8 Å². The summed E-state index contributed by atoms with van der Waals surface area (Å²) in [5.41, 5.74) is 1.55. The van der Waals surface area contributed by atoms with Crippen molar-refractivity contribution >= 4 is 11.9 Å². The monoisotopic (exact) mass is 499 g/mol. The molecule has 0 heterocycles. The van der Waals surface area contributed by atoms with Crippen molar-refractivity contribution in [3.8, 4) is 5.75 Å². The molecule has 2 rings (SSSR count). The van der Waals surface area contributed by atoms with E-state index in [0.29, 0.717) is 45.7 Å². The SMILES string of the molecule is COc1ccc(COCCCCC(=O)CC[C@@H](COCc2ccccc2)NC(=O)OC(C)(C)C)cc1. The predicted octanol–water partition coefficient (Wildman–Crippen LogP) is 5.84. The molecule has 1 amide bonds. The van der Waals surface area contributed by atoms with Crippen LogP contribution >= 0.6 is 0 Å². The summed E-state index contributed by atoms with van der Waals surface area (Å²) in [4.78, 5) is 24.7. The average Bonchev–Trinajstić information content (AvgIpc) is 2.84. The predicted molar refractivity (Wildman–Crippen MR) is 140 cm³/mol. The maximum Gasteiger partial charge on any atom is 0.407 e. The van der Waals surface area contributed by atoms with Crippen molar-refractivity contribution in [2.24, 2.45) is 0 Å². The third-order valence-electron chi connectivity index (χ3n) is 5.35. The summed E-state index contributed by atoms with van der Waals surface area (Å²) in [6.07, 6.45) is 2.47. The molecular weight excluding hydrogens is 458 g/mol. The van der Waals surface area contributed by atoms with Crippen molar-refractivity contribution in [2.75, 3.05) is 20.3 Å². The van der Waals surface area contributed by atoms with Gasteiger partial charge in [-0.05, 0) is 63.3 Å². The first-order valence-electron chi connectivity index (χ1n) is 12.6. The van der Waals surface area contributed by atoms with Gasteiger partial charge >= 0.3 is 6.09 Å². The number of hydrogen-bond acceptors (Lipinski definition) is 6. The molecule has 0 fully saturated rings. The number of amides is 1. The van der Waals surface area contributed by atoms with Crippen LogP contribution < -0.4 is 10.1 Å². The highest BCUT2D eigenvalue weighted by atomic mass is 16.6. The lowest BCUT2D eigenvalue weighted by atomic mass is 10.1. The van der Waals surface area contributed by atoms with Crippen molar-refractivity contribution < 1.29 is 28.5 Å². The number of alkyl carbamates (subject to hydrolysis) is 1. The fraction of sp³-hybridized carbons (Fsp3) is 0.517. The number of nitrogens with one attached hydrogen (secondary N) is 1. The molecule has 36 heavy (non-hydrogen) atoms. The molecule has 7 heteroatoms. The Bertz CT molecular complexity index is 892. The highest BCUT2D eigenvalue weighted by Crippen LogP contribution is 2.13. The van der Waals surface area contributed by atoms with E-state index in [2.05, 4.69) is 5.32 Å². The van der Waals surface area contributed by atoms with Crippen molar-refractivity contribution in [3.05, 3.63) is 65.7 Å². The lowest BCUT2D eigenvalue weighted by Crippen LogP contribution is -2.41. The molecule has 0 aliphatic heterocycles. The highest BCUT2D eigenvalue weighted by molar-refractivity contribution is 5.78. The van der Waals surface area contributed by atoms with Crippen LogP contribution in [-0.2, 0) is 32.2 Å². The van der Waals surface area contributed by atoms with Gasteiger partial charge in [0.25, 0.3) is 0 Å². The molecule has 0 unspecified atom stereocenters. The van der Waals surface area contributed by atoms with Crippen LogP contribution in [0.15, 0.2) is 54.6 Å². The van der Waals surface area contributed by atoms with E-state index < -0.39 is 11.7 Å². The Morgan fingerprint density at radius 3 is 2.19 bits per heavy atom. The van der Waals surface area contributed by atoms with Gasteiger partial charge in [0.1, 0.15) is 17.1 Å². The molecular formula is C29H41NO6. The zero-order valence-corrected chi connectivity index (χ0v) is 22.1. The van der Waals surface area contributed by atoms with Gasteiger partial charge in [0, 0.05) is 19.4 Å². The van der Waals surface area contributed by atoms with Crippen LogP contribution in [0.25, 0.3) is 0 Å². The van der Waals surface area contributed by atoms with Crippen LogP contribution in [0.2, 0.25) is 0 Å². The van der Waals surface area contributed by atoms with E-state index in [1.165, 1.54) is 0 Å². The number of hydrogen-bond donors (Lipinski definition) is 1. The first-order valence-corrected chi connectivity index (χ1v) is 12.6. The fourth-order valence-electron chi connectivity index (χ4n) is 3.46. The summed E-state index contributed by atoms with van der Waals surface area (Å²) in [5.74, 6) is 0.993. The summed E-state index contributed by atoms with van der Waals surface area (Å²) < 4.78 is 22.0. The number of carbonyl (C=O) groups is 2. The summed E-state index contributed by atoms with van der Waals surface area (Å²) in [7, 11) is 1.64. The molecule has 0 radical (unpaired) electrons. The third kappa shape index (κ3) is 13.3. The van der Waals surface area contributed by atoms with Crippen molar-refractivity contribution in [1.82, 2.24) is 5.32 Å². The molecule has 2 aromatic carbocycles. The Morgan fingerprint density at radius 1 is 0.861 bits per heavy atom. The zero-order chi connectivity index (χ0) is 26.2. The maximum absolute atomic E-state index is 12.4. The molecule has 1 atom stereocenters. The number of unbranched alkanes of at least 4 members (excludes halogenated alkanes) is 1. The Kier molecular flexibility index (Phi) is 13.0. The van der Waals surface area contributed by atoms with Crippen molar-refractivity contribution in [2.45, 2.75) is 77.7 Å². The number of methoxy groups -OCH3 is 1. The minimum Gasteiger partial charge on any atom is -0.497 e. The average molecular weight is 500 g/mol. The first kappa shape index (κ1) is 29.3. The summed E-state index contributed by atoms with van der Waals surface area (Å²) >= 11 is 0. The summed E-state index contributed by atoms with van der Waals surface area (Å²) in [6.45, 7) is 7.35. The molecule has 0 aliphatic rings. The minimum atomic E-state index is -0.592. The summed E-state index contributed by atoms with van der Waals surface area (Å²) in [5, 5.41) is 2.86. The second kappa shape index (κ2) is 16.0. The van der Waals surface area contributed by atoms with Crippen LogP contribution in [0, 0.1) is 0 Å². The molecule has 7 nitrogen and oxygen atoms in total. The normalized spacial score (nSPS) is 12.1. The number of ether oxygens (including phenoxy) is 4. The van der Waals surface area contributed by atoms with E-state index in [1.54, 1.807) is 7.11 Å². The largest absolute Gasteiger partial charge is 0.497 e. The van der Waals surface area contributed by atoms with E-state index in [4.69, 9.17) is 18.9 Å². The fourth-order valence-corrected chi connectivity index (χ4v) is 3.46. The van der Waals surface area contributed by atoms with Gasteiger partial charge in [-0.1, -0.05) is 42.5 Å². The number of ketones is 1. The van der Waals surface area contributed by atoms with E-state index in [-0.39, 0.29) is 11.8 Å². The van der Waals surface area contributed by atoms with Crippen molar-refractivity contribution in [3.63, 3.8) is 0 Å². The molecule has 0 bridgehead atoms. The van der Waals surface area contributed by atoms with Gasteiger partial charge in [-0.15, -0.1) is 0 Å². The van der Waals surface area contributed by atoms with E-state index in [9.17, 15) is 9.59 Å². The quantitative estimate of drug-likeness (QED) is 0.292. The topological polar surface area (TPSA) is 83.1 Å². The van der Waals surface area contributed by atoms with E-state index in [0.717, 1.165) is 29.7 Å². The summed E-state index contributed by atoms with van der Waals surface area (Å²) in [6, 6.07) is 17.3. The smallest absolute Gasteiger partial charge is 0.407 e. The molecule has 1 N–H and O–H groups in total. The Labute approximate surface area is 215 Å². The van der Waals surface area contributed by atoms with Gasteiger partial charge in [-0.3, -0.25) is 4.79 Å². The van der Waals surface area contributed by atoms with Crippen LogP contribution in [0.4, 0.5) is 4.79 Å². The third-order valence-corrected chi connectivity index (χ3v) is 5.35. The van der Waals surface area contributed by atoms with Gasteiger partial charge < -0.3 is 24.3 Å². The zero-order valence-electron chi connectivity index (χ0n) is 22.1. The minimum absolute atomic E-state index is 0.171. The standard InChI is InChI=1S/C29H41NO6/c1-29(2,3)36-28(32)30-25(22-35-21-23-10-6-5-7-11-23)15-16-26(31)12-8-9-19-34-20-24-13-17-27(33-4)18-14-24/h5-7,10-11,13-14,17-18,25H,8-9,12,15-16,19-22H2,1-4H3,(H,30,32)/t25-/m0/s1. The molecule has 0 saturated heterocycles. The van der Waals surface area contributed by atoms with Crippen LogP contribution in [0.3, 0.4) is 0 Å². The molecule has 0 spiro atoms. The molecule has 0 saturated carbocycles. The lowest BCUT2D eigenvalue weighted by Gasteiger charge is -2.23.